The highest BCUT2D eigenvalue weighted by atomic mass is 19.1. The molecule has 2 aromatic carbocycles. The second-order valence-electron chi connectivity index (χ2n) is 7.35. The molecule has 0 aliphatic carbocycles. The number of carbonyl (C=O) groups is 1. The Morgan fingerprint density at radius 1 is 1.17 bits per heavy atom. The maximum Gasteiger partial charge on any atom is 0.333 e. The number of hydrogen-bond acceptors (Lipinski definition) is 4. The fourth-order valence-electron chi connectivity index (χ4n) is 3.62. The van der Waals surface area contributed by atoms with E-state index in [0.717, 1.165) is 17.7 Å². The third kappa shape index (κ3) is 5.24. The van der Waals surface area contributed by atoms with Crippen LogP contribution in [0.15, 0.2) is 60.2 Å². The van der Waals surface area contributed by atoms with E-state index in [1.54, 1.807) is 32.2 Å². The molecular weight excluding hydrogens is 371 g/mol. The fraction of sp³-hybridized carbons (Fsp3) is 0.375. The topological polar surface area (TPSA) is 44.8 Å². The van der Waals surface area contributed by atoms with Crippen molar-refractivity contribution in [3.8, 4) is 5.75 Å². The molecule has 3 rings (SSSR count). The zero-order chi connectivity index (χ0) is 20.8. The van der Waals surface area contributed by atoms with Gasteiger partial charge in [-0.2, -0.15) is 0 Å². The van der Waals surface area contributed by atoms with Gasteiger partial charge in [-0.05, 0) is 61.6 Å². The molecule has 0 radical (unpaired) electrons. The van der Waals surface area contributed by atoms with E-state index in [1.807, 2.05) is 31.2 Å². The molecule has 0 amide bonds. The number of hydrogen-bond donors (Lipinski definition) is 0. The van der Waals surface area contributed by atoms with E-state index in [-0.39, 0.29) is 36.3 Å². The molecule has 1 fully saturated rings. The van der Waals surface area contributed by atoms with Gasteiger partial charge in [-0.25, -0.2) is 9.18 Å². The minimum absolute atomic E-state index is 0.0174. The summed E-state index contributed by atoms with van der Waals surface area (Å²) < 4.78 is 30.2. The van der Waals surface area contributed by atoms with Crippen molar-refractivity contribution < 1.29 is 23.4 Å². The minimum Gasteiger partial charge on any atom is -0.497 e. The molecule has 4 nitrogen and oxygen atoms in total. The summed E-state index contributed by atoms with van der Waals surface area (Å²) in [4.78, 5) is 12.2. The second-order valence-corrected chi connectivity index (χ2v) is 7.35. The minimum atomic E-state index is -0.319. The number of carbonyl (C=O) groups excluding carboxylic acids is 1. The SMILES string of the molecule is C/C=C(\C)C(=O)OC[C@H]1[C@@H](Cc2ccc(OC)cc2)CO[C@@H]1c1ccc(F)cc1. The molecule has 0 unspecified atom stereocenters. The number of halogens is 1. The van der Waals surface area contributed by atoms with Gasteiger partial charge in [-0.3, -0.25) is 0 Å². The Balaban J connectivity index is 1.77. The third-order valence-electron chi connectivity index (χ3n) is 5.50. The van der Waals surface area contributed by atoms with Crippen LogP contribution in [0.3, 0.4) is 0 Å². The standard InChI is InChI=1S/C24H27FO4/c1-4-16(2)24(26)29-15-22-19(13-17-5-11-21(27-3)12-6-17)14-28-23(22)18-7-9-20(25)10-8-18/h4-12,19,22-23H,13-15H2,1-3H3/b16-4+/t19-,22-,23+/m0/s1. The molecule has 29 heavy (non-hydrogen) atoms. The van der Waals surface area contributed by atoms with Crippen LogP contribution in [0, 0.1) is 17.7 Å². The number of benzene rings is 2. The van der Waals surface area contributed by atoms with Crippen LogP contribution in [0.2, 0.25) is 0 Å². The Morgan fingerprint density at radius 3 is 2.48 bits per heavy atom. The summed E-state index contributed by atoms with van der Waals surface area (Å²) in [5.74, 6) is 0.370. The molecule has 1 aliphatic heterocycles. The van der Waals surface area contributed by atoms with Crippen LogP contribution in [0.5, 0.6) is 5.75 Å². The number of allylic oxidation sites excluding steroid dienone is 1. The van der Waals surface area contributed by atoms with Gasteiger partial charge in [0.2, 0.25) is 0 Å². The lowest BCUT2D eigenvalue weighted by molar-refractivity contribution is -0.141. The van der Waals surface area contributed by atoms with Crippen LogP contribution in [0.25, 0.3) is 0 Å². The van der Waals surface area contributed by atoms with Gasteiger partial charge in [-0.1, -0.05) is 30.3 Å². The number of esters is 1. The summed E-state index contributed by atoms with van der Waals surface area (Å²) in [6.45, 7) is 4.36. The van der Waals surface area contributed by atoms with E-state index in [0.29, 0.717) is 12.2 Å². The van der Waals surface area contributed by atoms with E-state index >= 15 is 0 Å². The van der Waals surface area contributed by atoms with Gasteiger partial charge in [0.1, 0.15) is 11.6 Å². The van der Waals surface area contributed by atoms with Crippen LogP contribution >= 0.6 is 0 Å². The van der Waals surface area contributed by atoms with Gasteiger partial charge in [0.25, 0.3) is 0 Å². The lowest BCUT2D eigenvalue weighted by Crippen LogP contribution is -2.24. The zero-order valence-corrected chi connectivity index (χ0v) is 17.1. The number of ether oxygens (including phenoxy) is 3. The monoisotopic (exact) mass is 398 g/mol. The molecule has 0 spiro atoms. The van der Waals surface area contributed by atoms with Crippen molar-refractivity contribution in [1.82, 2.24) is 0 Å². The third-order valence-corrected chi connectivity index (χ3v) is 5.50. The van der Waals surface area contributed by atoms with E-state index in [4.69, 9.17) is 14.2 Å². The van der Waals surface area contributed by atoms with Gasteiger partial charge in [0, 0.05) is 11.5 Å². The normalized spacial score (nSPS) is 21.8. The maximum absolute atomic E-state index is 13.4. The van der Waals surface area contributed by atoms with Gasteiger partial charge in [0.05, 0.1) is 26.4 Å². The molecule has 3 atom stereocenters. The van der Waals surface area contributed by atoms with E-state index in [1.165, 1.54) is 17.7 Å². The maximum atomic E-state index is 13.4. The van der Waals surface area contributed by atoms with E-state index in [2.05, 4.69) is 0 Å². The van der Waals surface area contributed by atoms with Crippen molar-refractivity contribution in [2.24, 2.45) is 11.8 Å². The molecule has 0 saturated carbocycles. The summed E-state index contributed by atoms with van der Waals surface area (Å²) in [5.41, 5.74) is 2.64. The van der Waals surface area contributed by atoms with E-state index < -0.39 is 0 Å². The molecule has 1 saturated heterocycles. The van der Waals surface area contributed by atoms with Crippen molar-refractivity contribution in [2.75, 3.05) is 20.3 Å². The van der Waals surface area contributed by atoms with Crippen LogP contribution < -0.4 is 4.74 Å². The van der Waals surface area contributed by atoms with Crippen molar-refractivity contribution in [3.05, 3.63) is 77.1 Å². The first-order valence-corrected chi connectivity index (χ1v) is 9.82. The Kier molecular flexibility index (Phi) is 7.04. The fourth-order valence-corrected chi connectivity index (χ4v) is 3.62. The van der Waals surface area contributed by atoms with Crippen molar-refractivity contribution in [1.29, 1.82) is 0 Å². The highest BCUT2D eigenvalue weighted by Crippen LogP contribution is 2.40. The van der Waals surface area contributed by atoms with Crippen molar-refractivity contribution in [2.45, 2.75) is 26.4 Å². The smallest absolute Gasteiger partial charge is 0.333 e. The first-order chi connectivity index (χ1) is 14.0. The predicted octanol–water partition coefficient (Wildman–Crippen LogP) is 4.89. The molecule has 0 bridgehead atoms. The largest absolute Gasteiger partial charge is 0.497 e. The first kappa shape index (κ1) is 21.1. The highest BCUT2D eigenvalue weighted by molar-refractivity contribution is 5.87. The van der Waals surface area contributed by atoms with Crippen LogP contribution in [-0.4, -0.2) is 26.3 Å². The quantitative estimate of drug-likeness (QED) is 0.492. The van der Waals surface area contributed by atoms with Gasteiger partial charge >= 0.3 is 5.97 Å². The molecular formula is C24H27FO4. The van der Waals surface area contributed by atoms with Crippen molar-refractivity contribution in [3.63, 3.8) is 0 Å². The molecule has 154 valence electrons. The molecule has 1 aliphatic rings. The van der Waals surface area contributed by atoms with Crippen LogP contribution in [-0.2, 0) is 20.7 Å². The van der Waals surface area contributed by atoms with Gasteiger partial charge in [-0.15, -0.1) is 0 Å². The second kappa shape index (κ2) is 9.70. The van der Waals surface area contributed by atoms with Crippen LogP contribution in [0.1, 0.15) is 31.1 Å². The number of methoxy groups -OCH3 is 1. The molecule has 2 aromatic rings. The Morgan fingerprint density at radius 2 is 1.86 bits per heavy atom. The number of rotatable bonds is 7. The van der Waals surface area contributed by atoms with Crippen LogP contribution in [0.4, 0.5) is 4.39 Å². The first-order valence-electron chi connectivity index (χ1n) is 9.82. The summed E-state index contributed by atoms with van der Waals surface area (Å²) in [6, 6.07) is 14.3. The lowest BCUT2D eigenvalue weighted by atomic mass is 9.84. The summed E-state index contributed by atoms with van der Waals surface area (Å²) in [7, 11) is 1.64. The highest BCUT2D eigenvalue weighted by Gasteiger charge is 2.39. The Bertz CT molecular complexity index is 842. The molecule has 5 heteroatoms. The summed E-state index contributed by atoms with van der Waals surface area (Å²) >= 11 is 0. The van der Waals surface area contributed by atoms with Crippen molar-refractivity contribution >= 4 is 5.97 Å². The lowest BCUT2D eigenvalue weighted by Gasteiger charge is -2.23. The summed E-state index contributed by atoms with van der Waals surface area (Å²) in [5, 5.41) is 0. The van der Waals surface area contributed by atoms with Gasteiger partial charge in [0.15, 0.2) is 0 Å². The van der Waals surface area contributed by atoms with E-state index in [9.17, 15) is 9.18 Å². The molecule has 1 heterocycles. The predicted molar refractivity (Wildman–Crippen MR) is 109 cm³/mol. The molecule has 0 aromatic heterocycles. The average Bonchev–Trinajstić information content (AvgIpc) is 3.14. The Labute approximate surface area is 171 Å². The average molecular weight is 398 g/mol. The summed E-state index contributed by atoms with van der Waals surface area (Å²) in [6.07, 6.45) is 2.30. The zero-order valence-electron chi connectivity index (χ0n) is 17.1. The molecule has 0 N–H and O–H groups in total. The Hall–Kier alpha value is -2.66. The van der Waals surface area contributed by atoms with Gasteiger partial charge < -0.3 is 14.2 Å².